The van der Waals surface area contributed by atoms with Crippen LogP contribution in [0.2, 0.25) is 0 Å². The van der Waals surface area contributed by atoms with Crippen LogP contribution in [0.4, 0.5) is 0 Å². The van der Waals surface area contributed by atoms with E-state index in [9.17, 15) is 0 Å². The molecule has 0 radical (unpaired) electrons. The number of imidazole rings is 1. The molecule has 0 atom stereocenters. The van der Waals surface area contributed by atoms with Crippen molar-refractivity contribution in [2.45, 2.75) is 57.5 Å². The van der Waals surface area contributed by atoms with E-state index in [0.29, 0.717) is 12.0 Å². The number of hydrogen-bond donors (Lipinski definition) is 1. The SMILES string of the molecule is CCCn1cnc(=NC2CC2)c2[nH]c(C3CC3)nc21. The molecule has 100 valence electrons. The number of nitrogens with one attached hydrogen (secondary N) is 1. The van der Waals surface area contributed by atoms with Gasteiger partial charge in [-0.3, -0.25) is 4.99 Å². The van der Waals surface area contributed by atoms with Gasteiger partial charge in [-0.15, -0.1) is 0 Å². The molecule has 0 aromatic carbocycles. The molecule has 19 heavy (non-hydrogen) atoms. The lowest BCUT2D eigenvalue weighted by atomic mass is 10.4. The van der Waals surface area contributed by atoms with Crippen LogP contribution in [0.25, 0.3) is 11.2 Å². The van der Waals surface area contributed by atoms with Crippen molar-refractivity contribution in [3.8, 4) is 0 Å². The van der Waals surface area contributed by atoms with Crippen LogP contribution >= 0.6 is 0 Å². The molecule has 4 rings (SSSR count). The zero-order valence-corrected chi connectivity index (χ0v) is 11.3. The molecule has 5 nitrogen and oxygen atoms in total. The molecule has 0 saturated heterocycles. The van der Waals surface area contributed by atoms with Crippen LogP contribution in [-0.2, 0) is 6.54 Å². The molecule has 5 heteroatoms. The molecule has 2 aromatic heterocycles. The Hall–Kier alpha value is -1.65. The summed E-state index contributed by atoms with van der Waals surface area (Å²) in [5.74, 6) is 1.76. The van der Waals surface area contributed by atoms with Crippen LogP contribution in [-0.4, -0.2) is 25.6 Å². The third-order valence-corrected chi connectivity index (χ3v) is 3.80. The Bertz CT molecular complexity index is 673. The van der Waals surface area contributed by atoms with E-state index >= 15 is 0 Å². The molecular formula is C14H19N5. The lowest BCUT2D eigenvalue weighted by Crippen LogP contribution is -2.15. The number of H-pyrrole nitrogens is 1. The summed E-state index contributed by atoms with van der Waals surface area (Å²) >= 11 is 0. The zero-order valence-electron chi connectivity index (χ0n) is 11.3. The Kier molecular flexibility index (Phi) is 2.47. The molecule has 2 aromatic rings. The van der Waals surface area contributed by atoms with Crippen LogP contribution in [0.1, 0.15) is 50.8 Å². The number of nitrogens with zero attached hydrogens (tertiary/aromatic N) is 4. The molecule has 0 unspecified atom stereocenters. The predicted octanol–water partition coefficient (Wildman–Crippen LogP) is 2.11. The third kappa shape index (κ3) is 2.07. The maximum Gasteiger partial charge on any atom is 0.176 e. The number of rotatable bonds is 4. The van der Waals surface area contributed by atoms with E-state index in [-0.39, 0.29) is 0 Å². The van der Waals surface area contributed by atoms with E-state index in [1.165, 1.54) is 25.7 Å². The minimum absolute atomic E-state index is 0.491. The number of fused-ring (bicyclic) bond motifs is 1. The molecular weight excluding hydrogens is 238 g/mol. The molecule has 2 saturated carbocycles. The summed E-state index contributed by atoms with van der Waals surface area (Å²) in [4.78, 5) is 17.5. The van der Waals surface area contributed by atoms with Crippen LogP contribution in [0, 0.1) is 0 Å². The zero-order chi connectivity index (χ0) is 12.8. The fourth-order valence-corrected chi connectivity index (χ4v) is 2.42. The molecule has 2 heterocycles. The van der Waals surface area contributed by atoms with Gasteiger partial charge in [0.05, 0.1) is 12.4 Å². The second-order valence-electron chi connectivity index (χ2n) is 5.72. The average Bonchev–Trinajstić information content (AvgIpc) is 3.32. The van der Waals surface area contributed by atoms with Crippen molar-refractivity contribution < 1.29 is 0 Å². The quantitative estimate of drug-likeness (QED) is 0.912. The van der Waals surface area contributed by atoms with E-state index in [1.807, 2.05) is 6.33 Å². The largest absolute Gasteiger partial charge is 0.337 e. The monoisotopic (exact) mass is 257 g/mol. The van der Waals surface area contributed by atoms with E-state index in [0.717, 1.165) is 35.4 Å². The first-order valence-electron chi connectivity index (χ1n) is 7.34. The number of aromatic amines is 1. The molecule has 1 N–H and O–H groups in total. The lowest BCUT2D eigenvalue weighted by molar-refractivity contribution is 0.675. The van der Waals surface area contributed by atoms with Gasteiger partial charge in [0.25, 0.3) is 0 Å². The minimum Gasteiger partial charge on any atom is -0.337 e. The van der Waals surface area contributed by atoms with Crippen LogP contribution in [0.5, 0.6) is 0 Å². The third-order valence-electron chi connectivity index (χ3n) is 3.80. The molecule has 0 spiro atoms. The van der Waals surface area contributed by atoms with Gasteiger partial charge >= 0.3 is 0 Å². The Morgan fingerprint density at radius 3 is 2.89 bits per heavy atom. The predicted molar refractivity (Wildman–Crippen MR) is 72.7 cm³/mol. The molecule has 2 aliphatic carbocycles. The maximum atomic E-state index is 4.79. The standard InChI is InChI=1S/C14H19N5/c1-2-7-19-8-15-13(16-10-5-6-10)11-14(19)18-12(17-11)9-3-4-9/h8-10H,2-7H2,1H3,(H,17,18). The molecule has 2 fully saturated rings. The summed E-state index contributed by atoms with van der Waals surface area (Å²) in [5, 5.41) is 0. The van der Waals surface area contributed by atoms with E-state index < -0.39 is 0 Å². The van der Waals surface area contributed by atoms with Crippen molar-refractivity contribution in [2.75, 3.05) is 0 Å². The summed E-state index contributed by atoms with van der Waals surface area (Å²) in [6, 6.07) is 0.491. The molecule has 2 aliphatic rings. The highest BCUT2D eigenvalue weighted by molar-refractivity contribution is 5.69. The summed E-state index contributed by atoms with van der Waals surface area (Å²) in [5.41, 5.74) is 2.91. The fraction of sp³-hybridized carbons (Fsp3) is 0.643. The molecule has 0 amide bonds. The Balaban J connectivity index is 1.90. The molecule has 0 aliphatic heterocycles. The van der Waals surface area contributed by atoms with Gasteiger partial charge in [0.1, 0.15) is 11.3 Å². The van der Waals surface area contributed by atoms with Crippen molar-refractivity contribution in [3.63, 3.8) is 0 Å². The number of aromatic nitrogens is 4. The van der Waals surface area contributed by atoms with Gasteiger partial charge in [-0.05, 0) is 32.1 Å². The highest BCUT2D eigenvalue weighted by atomic mass is 15.1. The Labute approximate surface area is 111 Å². The van der Waals surface area contributed by atoms with Gasteiger partial charge < -0.3 is 9.55 Å². The average molecular weight is 257 g/mol. The first kappa shape index (κ1) is 11.2. The van der Waals surface area contributed by atoms with Crippen molar-refractivity contribution in [3.05, 3.63) is 17.6 Å². The van der Waals surface area contributed by atoms with Crippen molar-refractivity contribution in [2.24, 2.45) is 4.99 Å². The van der Waals surface area contributed by atoms with Crippen molar-refractivity contribution >= 4 is 11.2 Å². The summed E-state index contributed by atoms with van der Waals surface area (Å²) in [7, 11) is 0. The van der Waals surface area contributed by atoms with Crippen LogP contribution in [0.15, 0.2) is 11.3 Å². The van der Waals surface area contributed by atoms with Gasteiger partial charge in [0, 0.05) is 12.5 Å². The van der Waals surface area contributed by atoms with Gasteiger partial charge in [-0.1, -0.05) is 6.92 Å². The highest BCUT2D eigenvalue weighted by Gasteiger charge is 2.28. The summed E-state index contributed by atoms with van der Waals surface area (Å²) < 4.78 is 2.14. The number of aryl methyl sites for hydroxylation is 1. The second-order valence-corrected chi connectivity index (χ2v) is 5.72. The number of hydrogen-bond acceptors (Lipinski definition) is 3. The highest BCUT2D eigenvalue weighted by Crippen LogP contribution is 2.38. The van der Waals surface area contributed by atoms with Crippen molar-refractivity contribution in [1.29, 1.82) is 0 Å². The first-order valence-corrected chi connectivity index (χ1v) is 7.34. The van der Waals surface area contributed by atoms with Crippen molar-refractivity contribution in [1.82, 2.24) is 19.5 Å². The van der Waals surface area contributed by atoms with Crippen LogP contribution < -0.4 is 5.49 Å². The van der Waals surface area contributed by atoms with Gasteiger partial charge in [-0.2, -0.15) is 0 Å². The second kappa shape index (κ2) is 4.18. The maximum absolute atomic E-state index is 4.79. The fourth-order valence-electron chi connectivity index (χ4n) is 2.42. The van der Waals surface area contributed by atoms with Gasteiger partial charge in [0.15, 0.2) is 11.1 Å². The minimum atomic E-state index is 0.491. The lowest BCUT2D eigenvalue weighted by Gasteiger charge is -2.04. The van der Waals surface area contributed by atoms with Gasteiger partial charge in [0.2, 0.25) is 0 Å². The van der Waals surface area contributed by atoms with E-state index in [2.05, 4.69) is 21.5 Å². The Morgan fingerprint density at radius 2 is 2.21 bits per heavy atom. The topological polar surface area (TPSA) is 58.9 Å². The smallest absolute Gasteiger partial charge is 0.176 e. The normalized spacial score (nSPS) is 20.4. The molecule has 0 bridgehead atoms. The Morgan fingerprint density at radius 1 is 1.37 bits per heavy atom. The van der Waals surface area contributed by atoms with Gasteiger partial charge in [-0.25, -0.2) is 9.97 Å². The van der Waals surface area contributed by atoms with Crippen LogP contribution in [0.3, 0.4) is 0 Å². The first-order chi connectivity index (χ1) is 9.35. The van der Waals surface area contributed by atoms with E-state index in [4.69, 9.17) is 9.98 Å². The summed E-state index contributed by atoms with van der Waals surface area (Å²) in [6.07, 6.45) is 7.91. The van der Waals surface area contributed by atoms with E-state index in [1.54, 1.807) is 0 Å². The summed E-state index contributed by atoms with van der Waals surface area (Å²) in [6.45, 7) is 3.14.